The molecule has 1 rings (SSSR count). The summed E-state index contributed by atoms with van der Waals surface area (Å²) in [6, 6.07) is 0. The second-order valence-electron chi connectivity index (χ2n) is 17.3. The van der Waals surface area contributed by atoms with Crippen LogP contribution >= 0.6 is 7.82 Å². The summed E-state index contributed by atoms with van der Waals surface area (Å²) >= 11 is 0. The van der Waals surface area contributed by atoms with Crippen LogP contribution in [0.25, 0.3) is 0 Å². The number of quaternary nitrogens is 1. The van der Waals surface area contributed by atoms with Crippen molar-refractivity contribution in [3.05, 3.63) is 85.1 Å². The standard InChI is InChI=1S/C50H84NO12P/c1-6-8-10-11-12-13-14-15-16-17-18-19-20-21-22-23-24-25-30-34-48(54)59-41-44(42-61-64(57,58)60-39-38-51(3,4)5)62-49(55)35-31-27-26-29-33-45-46(53)40-50(56)63-47(45)37-36-43(52)32-28-9-7-2/h8,10,12-13,15-16,18-19,21-22,26,29,36-37,43-47,50,52-53,56H,6-7,9,11,14,17,20,23-25,27-28,30-35,38-42H2,1-5H3/p+1/b10-8-,13-12-,16-15-,19-18-,22-21-,29-26-,37-36+/t43-,44+,45-,46-,47+,50?/m0/s1. The summed E-state index contributed by atoms with van der Waals surface area (Å²) < 4.78 is 40.0. The van der Waals surface area contributed by atoms with E-state index in [9.17, 15) is 34.4 Å². The van der Waals surface area contributed by atoms with Crippen molar-refractivity contribution in [3.8, 4) is 0 Å². The predicted octanol–water partition coefficient (Wildman–Crippen LogP) is 9.68. The number of ether oxygens (including phenoxy) is 3. The van der Waals surface area contributed by atoms with E-state index in [2.05, 4.69) is 74.6 Å². The zero-order valence-corrected chi connectivity index (χ0v) is 40.7. The van der Waals surface area contributed by atoms with Gasteiger partial charge in [0.1, 0.15) is 19.8 Å². The first-order chi connectivity index (χ1) is 30.7. The minimum Gasteiger partial charge on any atom is -0.462 e. The van der Waals surface area contributed by atoms with Gasteiger partial charge in [0.2, 0.25) is 0 Å². The number of nitrogens with zero attached hydrogens (tertiary/aromatic N) is 1. The summed E-state index contributed by atoms with van der Waals surface area (Å²) in [5, 5.41) is 31.1. The summed E-state index contributed by atoms with van der Waals surface area (Å²) in [5.74, 6) is -1.36. The smallest absolute Gasteiger partial charge is 0.462 e. The Balaban J connectivity index is 2.53. The van der Waals surface area contributed by atoms with Crippen molar-refractivity contribution in [1.29, 1.82) is 0 Å². The lowest BCUT2D eigenvalue weighted by Crippen LogP contribution is -2.43. The summed E-state index contributed by atoms with van der Waals surface area (Å²) in [6.45, 7) is 3.82. The number of rotatable bonds is 37. The van der Waals surface area contributed by atoms with E-state index in [4.69, 9.17) is 23.3 Å². The minimum atomic E-state index is -4.47. The molecule has 2 unspecified atom stereocenters. The van der Waals surface area contributed by atoms with Crippen LogP contribution in [0.2, 0.25) is 0 Å². The second kappa shape index (κ2) is 37.2. The van der Waals surface area contributed by atoms with E-state index in [-0.39, 0.29) is 38.4 Å². The fourth-order valence-electron chi connectivity index (χ4n) is 6.43. The maximum absolute atomic E-state index is 12.8. The number of aliphatic hydroxyl groups is 3. The van der Waals surface area contributed by atoms with Crippen molar-refractivity contribution in [3.63, 3.8) is 0 Å². The average molecular weight is 923 g/mol. The first-order valence-electron chi connectivity index (χ1n) is 23.7. The minimum absolute atomic E-state index is 0.0282. The van der Waals surface area contributed by atoms with E-state index in [1.165, 1.54) is 0 Å². The molecule has 0 aromatic heterocycles. The Morgan fingerprint density at radius 2 is 1.36 bits per heavy atom. The van der Waals surface area contributed by atoms with Crippen molar-refractivity contribution >= 4 is 19.8 Å². The molecular formula is C50H85NO12P+. The van der Waals surface area contributed by atoms with E-state index in [1.807, 2.05) is 33.3 Å². The molecule has 0 spiro atoms. The molecule has 1 fully saturated rings. The maximum Gasteiger partial charge on any atom is 0.472 e. The molecule has 0 aliphatic carbocycles. The molecule has 7 atom stereocenters. The molecule has 1 heterocycles. The molecule has 0 amide bonds. The van der Waals surface area contributed by atoms with Crippen LogP contribution in [0.3, 0.4) is 0 Å². The zero-order chi connectivity index (χ0) is 47.3. The van der Waals surface area contributed by atoms with Gasteiger partial charge in [0, 0.05) is 25.2 Å². The van der Waals surface area contributed by atoms with Gasteiger partial charge < -0.3 is 38.9 Å². The quantitative estimate of drug-likeness (QED) is 0.0153. The third-order valence-electron chi connectivity index (χ3n) is 10.2. The molecule has 1 saturated heterocycles. The monoisotopic (exact) mass is 923 g/mol. The number of phosphoric ester groups is 1. The SMILES string of the molecule is CC/C=C\C/C=C\C/C=C\C/C=C\C/C=C\CCCCCC(=O)OC[C@H](COP(=O)(O)OCC[N+](C)(C)C)OC(=O)CCC/C=C\C[C@H]1[C@@H](O)CC(O)O[C@@H]1/C=C/[C@@H](O)CCCCC. The number of hydrogen-bond donors (Lipinski definition) is 4. The summed E-state index contributed by atoms with van der Waals surface area (Å²) in [6.07, 6.45) is 38.2. The van der Waals surface area contributed by atoms with Crippen LogP contribution < -0.4 is 0 Å². The van der Waals surface area contributed by atoms with Crippen molar-refractivity contribution in [1.82, 2.24) is 0 Å². The molecule has 0 aromatic rings. The Labute approximate surface area is 385 Å². The molecule has 1 aliphatic rings. The zero-order valence-electron chi connectivity index (χ0n) is 39.8. The third kappa shape index (κ3) is 34.4. The first kappa shape index (κ1) is 59.0. The van der Waals surface area contributed by atoms with Crippen LogP contribution in [0, 0.1) is 5.92 Å². The molecule has 13 nitrogen and oxygen atoms in total. The van der Waals surface area contributed by atoms with Gasteiger partial charge in [0.25, 0.3) is 0 Å². The van der Waals surface area contributed by atoms with Gasteiger partial charge in [0.05, 0.1) is 46.1 Å². The van der Waals surface area contributed by atoms with Gasteiger partial charge in [-0.3, -0.25) is 18.6 Å². The molecule has 366 valence electrons. The van der Waals surface area contributed by atoms with E-state index in [0.717, 1.165) is 70.6 Å². The third-order valence-corrected chi connectivity index (χ3v) is 11.2. The van der Waals surface area contributed by atoms with Gasteiger partial charge in [-0.15, -0.1) is 0 Å². The highest BCUT2D eigenvalue weighted by atomic mass is 31.2. The topological polar surface area (TPSA) is 178 Å². The molecule has 14 heteroatoms. The highest BCUT2D eigenvalue weighted by Crippen LogP contribution is 2.43. The van der Waals surface area contributed by atoms with E-state index in [1.54, 1.807) is 12.2 Å². The van der Waals surface area contributed by atoms with Gasteiger partial charge in [-0.1, -0.05) is 125 Å². The number of carbonyl (C=O) groups is 2. The van der Waals surface area contributed by atoms with E-state index >= 15 is 0 Å². The van der Waals surface area contributed by atoms with Crippen LogP contribution in [-0.2, 0) is 37.4 Å². The normalized spacial score (nSPS) is 20.8. The van der Waals surface area contributed by atoms with Crippen LogP contribution in [0.1, 0.15) is 136 Å². The van der Waals surface area contributed by atoms with E-state index < -0.39 is 57.1 Å². The number of unbranched alkanes of at least 4 members (excludes halogenated alkanes) is 6. The Morgan fingerprint density at radius 3 is 2.00 bits per heavy atom. The summed E-state index contributed by atoms with van der Waals surface area (Å²) in [5.41, 5.74) is 0. The lowest BCUT2D eigenvalue weighted by Gasteiger charge is -2.36. The van der Waals surface area contributed by atoms with Crippen molar-refractivity contribution in [2.45, 2.75) is 167 Å². The molecule has 0 saturated carbocycles. The Kier molecular flexibility index (Phi) is 34.3. The lowest BCUT2D eigenvalue weighted by molar-refractivity contribution is -0.870. The Morgan fingerprint density at radius 1 is 0.750 bits per heavy atom. The van der Waals surface area contributed by atoms with Crippen LogP contribution in [0.5, 0.6) is 0 Å². The Hall–Kier alpha value is -2.97. The number of carbonyl (C=O) groups excluding carboxylic acids is 2. The van der Waals surface area contributed by atoms with Gasteiger partial charge in [-0.2, -0.15) is 0 Å². The van der Waals surface area contributed by atoms with Crippen molar-refractivity contribution < 1.29 is 62.1 Å². The number of phosphoric acid groups is 1. The number of esters is 2. The highest BCUT2D eigenvalue weighted by Gasteiger charge is 2.35. The molecule has 64 heavy (non-hydrogen) atoms. The van der Waals surface area contributed by atoms with Crippen molar-refractivity contribution in [2.24, 2.45) is 5.92 Å². The number of aliphatic hydroxyl groups excluding tert-OH is 3. The van der Waals surface area contributed by atoms with Gasteiger partial charge in [-0.05, 0) is 77.0 Å². The average Bonchev–Trinajstić information content (AvgIpc) is 3.23. The fourth-order valence-corrected chi connectivity index (χ4v) is 7.17. The Bertz CT molecular complexity index is 1480. The summed E-state index contributed by atoms with van der Waals surface area (Å²) in [7, 11) is 1.27. The second-order valence-corrected chi connectivity index (χ2v) is 18.7. The largest absolute Gasteiger partial charge is 0.472 e. The molecule has 0 aromatic carbocycles. The van der Waals surface area contributed by atoms with Crippen LogP contribution in [-0.4, -0.2) is 115 Å². The highest BCUT2D eigenvalue weighted by molar-refractivity contribution is 7.47. The molecule has 0 radical (unpaired) electrons. The van der Waals surface area contributed by atoms with Gasteiger partial charge in [-0.25, -0.2) is 4.57 Å². The number of allylic oxidation sites excluding steroid dienone is 12. The van der Waals surface area contributed by atoms with Gasteiger partial charge in [0.15, 0.2) is 12.4 Å². The predicted molar refractivity (Wildman–Crippen MR) is 255 cm³/mol. The first-order valence-corrected chi connectivity index (χ1v) is 25.2. The maximum atomic E-state index is 12.8. The summed E-state index contributed by atoms with van der Waals surface area (Å²) in [4.78, 5) is 35.7. The van der Waals surface area contributed by atoms with Crippen LogP contribution in [0.4, 0.5) is 0 Å². The molecular weight excluding hydrogens is 838 g/mol. The van der Waals surface area contributed by atoms with E-state index in [0.29, 0.717) is 43.1 Å². The molecule has 0 bridgehead atoms. The molecule has 1 aliphatic heterocycles. The fraction of sp³-hybridized carbons (Fsp3) is 0.680. The lowest BCUT2D eigenvalue weighted by atomic mass is 9.87. The van der Waals surface area contributed by atoms with Crippen molar-refractivity contribution in [2.75, 3.05) is 47.5 Å². The number of likely N-dealkylation sites (N-methyl/N-ethyl adjacent to an activating group) is 1. The number of hydrogen-bond acceptors (Lipinski definition) is 11. The van der Waals surface area contributed by atoms with Gasteiger partial charge >= 0.3 is 19.8 Å². The molecule has 4 N–H and O–H groups in total. The van der Waals surface area contributed by atoms with Crippen LogP contribution in [0.15, 0.2) is 85.1 Å².